The largest absolute Gasteiger partial charge is 0.384 e. The van der Waals surface area contributed by atoms with Crippen molar-refractivity contribution in [1.82, 2.24) is 4.90 Å². The van der Waals surface area contributed by atoms with Gasteiger partial charge in [0.25, 0.3) is 5.91 Å². The van der Waals surface area contributed by atoms with Crippen LogP contribution in [0.5, 0.6) is 0 Å². The number of rotatable bonds is 6. The highest BCUT2D eigenvalue weighted by Gasteiger charge is 2.27. The number of aryl methyl sites for hydroxylation is 1. The fraction of sp³-hybridized carbons (Fsp3) is 0.588. The fourth-order valence-corrected chi connectivity index (χ4v) is 2.81. The Balaban J connectivity index is 2.11. The molecule has 0 radical (unpaired) electrons. The van der Waals surface area contributed by atoms with E-state index in [1.54, 1.807) is 7.11 Å². The van der Waals surface area contributed by atoms with E-state index in [9.17, 15) is 4.79 Å². The van der Waals surface area contributed by atoms with E-state index in [4.69, 9.17) is 4.74 Å². The number of nitrogens with zero attached hydrogens (tertiary/aromatic N) is 1. The Bertz CT molecular complexity index is 488. The van der Waals surface area contributed by atoms with E-state index in [1.807, 2.05) is 17.0 Å². The molecule has 1 aliphatic heterocycles. The molecule has 0 bridgehead atoms. The molecule has 21 heavy (non-hydrogen) atoms. The summed E-state index contributed by atoms with van der Waals surface area (Å²) in [7, 11) is 1.72. The minimum absolute atomic E-state index is 0.132. The number of anilines is 1. The molecule has 0 saturated carbocycles. The number of carbonyl (C=O) groups is 1. The third kappa shape index (κ3) is 3.97. The van der Waals surface area contributed by atoms with Crippen LogP contribution < -0.4 is 5.32 Å². The number of amides is 1. The van der Waals surface area contributed by atoms with Crippen LogP contribution in [-0.2, 0) is 4.74 Å². The number of hydrogen-bond acceptors (Lipinski definition) is 3. The molecule has 2 rings (SSSR count). The monoisotopic (exact) mass is 290 g/mol. The van der Waals surface area contributed by atoms with Gasteiger partial charge in [0.05, 0.1) is 12.2 Å². The number of hydrogen-bond donors (Lipinski definition) is 1. The summed E-state index contributed by atoms with van der Waals surface area (Å²) in [6.45, 7) is 7.42. The predicted octanol–water partition coefficient (Wildman–Crippen LogP) is 2.93. The highest BCUT2D eigenvalue weighted by Crippen LogP contribution is 2.24. The molecular formula is C17H26N2O2. The van der Waals surface area contributed by atoms with Crippen molar-refractivity contribution in [2.45, 2.75) is 26.7 Å². The van der Waals surface area contributed by atoms with Gasteiger partial charge in [0.1, 0.15) is 0 Å². The molecule has 1 heterocycles. The second-order valence-corrected chi connectivity index (χ2v) is 5.84. The van der Waals surface area contributed by atoms with Gasteiger partial charge in [0, 0.05) is 38.3 Å². The van der Waals surface area contributed by atoms with Crippen molar-refractivity contribution in [1.29, 1.82) is 0 Å². The molecule has 1 fully saturated rings. The molecule has 116 valence electrons. The van der Waals surface area contributed by atoms with E-state index in [0.717, 1.165) is 50.3 Å². The Hall–Kier alpha value is -1.55. The van der Waals surface area contributed by atoms with Crippen LogP contribution in [0.2, 0.25) is 0 Å². The summed E-state index contributed by atoms with van der Waals surface area (Å²) in [5.41, 5.74) is 2.91. The van der Waals surface area contributed by atoms with E-state index in [1.165, 1.54) is 5.56 Å². The molecule has 4 heteroatoms. The molecular weight excluding hydrogens is 264 g/mol. The first kappa shape index (κ1) is 15.8. The van der Waals surface area contributed by atoms with E-state index in [0.29, 0.717) is 5.92 Å². The Labute approximate surface area is 127 Å². The summed E-state index contributed by atoms with van der Waals surface area (Å²) in [5, 5.41) is 3.37. The molecule has 0 aromatic heterocycles. The zero-order valence-corrected chi connectivity index (χ0v) is 13.3. The summed E-state index contributed by atoms with van der Waals surface area (Å²) in [6.07, 6.45) is 2.07. The lowest BCUT2D eigenvalue weighted by Crippen LogP contribution is -2.30. The van der Waals surface area contributed by atoms with E-state index < -0.39 is 0 Å². The average Bonchev–Trinajstić information content (AvgIpc) is 2.93. The van der Waals surface area contributed by atoms with Gasteiger partial charge < -0.3 is 15.0 Å². The van der Waals surface area contributed by atoms with Gasteiger partial charge in [-0.15, -0.1) is 0 Å². The number of benzene rings is 1. The third-order valence-electron chi connectivity index (χ3n) is 3.95. The molecule has 4 nitrogen and oxygen atoms in total. The maximum absolute atomic E-state index is 12.7. The highest BCUT2D eigenvalue weighted by molar-refractivity contribution is 5.99. The van der Waals surface area contributed by atoms with E-state index in [2.05, 4.69) is 25.2 Å². The van der Waals surface area contributed by atoms with Crippen molar-refractivity contribution in [2.24, 2.45) is 5.92 Å². The first-order chi connectivity index (χ1) is 10.2. The molecule has 0 aliphatic carbocycles. The van der Waals surface area contributed by atoms with Gasteiger partial charge in [-0.05, 0) is 37.5 Å². The Kier molecular flexibility index (Phi) is 5.62. The molecule has 1 amide bonds. The second kappa shape index (κ2) is 7.46. The Morgan fingerprint density at radius 1 is 1.48 bits per heavy atom. The molecule has 1 aliphatic rings. The predicted molar refractivity (Wildman–Crippen MR) is 85.8 cm³/mol. The smallest absolute Gasteiger partial charge is 0.255 e. The van der Waals surface area contributed by atoms with Crippen molar-refractivity contribution in [2.75, 3.05) is 38.7 Å². The molecule has 1 N–H and O–H groups in total. The van der Waals surface area contributed by atoms with Crippen LogP contribution in [0.1, 0.15) is 35.7 Å². The van der Waals surface area contributed by atoms with E-state index in [-0.39, 0.29) is 5.91 Å². The maximum atomic E-state index is 12.7. The zero-order chi connectivity index (χ0) is 15.2. The second-order valence-electron chi connectivity index (χ2n) is 5.84. The third-order valence-corrected chi connectivity index (χ3v) is 3.95. The summed E-state index contributed by atoms with van der Waals surface area (Å²) in [4.78, 5) is 14.7. The first-order valence-electron chi connectivity index (χ1n) is 7.78. The number of nitrogens with one attached hydrogen (secondary N) is 1. The first-order valence-corrected chi connectivity index (χ1v) is 7.78. The van der Waals surface area contributed by atoms with Crippen LogP contribution in [-0.4, -0.2) is 44.2 Å². The van der Waals surface area contributed by atoms with Crippen LogP contribution in [0.3, 0.4) is 0 Å². The van der Waals surface area contributed by atoms with Gasteiger partial charge in [0.15, 0.2) is 0 Å². The van der Waals surface area contributed by atoms with Crippen molar-refractivity contribution in [3.8, 4) is 0 Å². The molecule has 1 saturated heterocycles. The summed E-state index contributed by atoms with van der Waals surface area (Å²) >= 11 is 0. The molecule has 1 unspecified atom stereocenters. The van der Waals surface area contributed by atoms with Gasteiger partial charge in [0.2, 0.25) is 0 Å². The van der Waals surface area contributed by atoms with Gasteiger partial charge in [-0.1, -0.05) is 13.0 Å². The topological polar surface area (TPSA) is 41.6 Å². The maximum Gasteiger partial charge on any atom is 0.255 e. The number of methoxy groups -OCH3 is 1. The van der Waals surface area contributed by atoms with Crippen molar-refractivity contribution in [3.63, 3.8) is 0 Å². The standard InChI is InChI=1S/C17H26N2O2/c1-4-8-18-16-10-13(2)5-6-15(16)17(20)19-9-7-14(11-19)12-21-3/h5-6,10,14,18H,4,7-9,11-12H2,1-3H3. The van der Waals surface area contributed by atoms with Crippen molar-refractivity contribution < 1.29 is 9.53 Å². The summed E-state index contributed by atoms with van der Waals surface area (Å²) in [5.74, 6) is 0.601. The van der Waals surface area contributed by atoms with Gasteiger partial charge in [-0.2, -0.15) is 0 Å². The summed E-state index contributed by atoms with van der Waals surface area (Å²) < 4.78 is 5.20. The normalized spacial score (nSPS) is 18.0. The lowest BCUT2D eigenvalue weighted by molar-refractivity contribution is 0.0776. The Morgan fingerprint density at radius 2 is 2.29 bits per heavy atom. The van der Waals surface area contributed by atoms with Crippen LogP contribution in [0.4, 0.5) is 5.69 Å². The van der Waals surface area contributed by atoms with Crippen molar-refractivity contribution >= 4 is 11.6 Å². The van der Waals surface area contributed by atoms with Crippen LogP contribution in [0.25, 0.3) is 0 Å². The zero-order valence-electron chi connectivity index (χ0n) is 13.3. The average molecular weight is 290 g/mol. The quantitative estimate of drug-likeness (QED) is 0.876. The molecule has 1 aromatic carbocycles. The molecule has 0 spiro atoms. The lowest BCUT2D eigenvalue weighted by atomic mass is 10.1. The highest BCUT2D eigenvalue weighted by atomic mass is 16.5. The van der Waals surface area contributed by atoms with E-state index >= 15 is 0 Å². The van der Waals surface area contributed by atoms with Gasteiger partial charge >= 0.3 is 0 Å². The SMILES string of the molecule is CCCNc1cc(C)ccc1C(=O)N1CCC(COC)C1. The number of likely N-dealkylation sites (tertiary alicyclic amines) is 1. The number of ether oxygens (including phenoxy) is 1. The minimum atomic E-state index is 0.132. The van der Waals surface area contributed by atoms with Gasteiger partial charge in [-0.25, -0.2) is 0 Å². The van der Waals surface area contributed by atoms with Crippen LogP contribution in [0.15, 0.2) is 18.2 Å². The minimum Gasteiger partial charge on any atom is -0.384 e. The molecule has 1 aromatic rings. The van der Waals surface area contributed by atoms with Gasteiger partial charge in [-0.3, -0.25) is 4.79 Å². The van der Waals surface area contributed by atoms with Crippen LogP contribution >= 0.6 is 0 Å². The lowest BCUT2D eigenvalue weighted by Gasteiger charge is -2.19. The molecule has 1 atom stereocenters. The van der Waals surface area contributed by atoms with Crippen molar-refractivity contribution in [3.05, 3.63) is 29.3 Å². The van der Waals surface area contributed by atoms with Crippen LogP contribution in [0, 0.1) is 12.8 Å². The summed E-state index contributed by atoms with van der Waals surface area (Å²) in [6, 6.07) is 6.01. The number of carbonyl (C=O) groups excluding carboxylic acids is 1. The fourth-order valence-electron chi connectivity index (χ4n) is 2.81. The Morgan fingerprint density at radius 3 is 3.00 bits per heavy atom.